The molecule has 13 heavy (non-hydrogen) atoms. The van der Waals surface area contributed by atoms with Crippen LogP contribution in [0.1, 0.15) is 10.6 Å². The average molecular weight is 218 g/mol. The predicted octanol–water partition coefficient (Wildman–Crippen LogP) is -0.0898. The Bertz CT molecular complexity index is 323. The molecule has 0 bridgehead atoms. The zero-order chi connectivity index (χ0) is 10.0. The second kappa shape index (κ2) is 3.90. The minimum atomic E-state index is -0.743. The number of thiol groups is 2. The summed E-state index contributed by atoms with van der Waals surface area (Å²) >= 11 is 7.65. The van der Waals surface area contributed by atoms with E-state index in [0.29, 0.717) is 5.06 Å². The lowest BCUT2D eigenvalue weighted by Crippen LogP contribution is -2.25. The van der Waals surface area contributed by atoms with Gasteiger partial charge in [0.1, 0.15) is 0 Å². The van der Waals surface area contributed by atoms with Gasteiger partial charge in [-0.1, -0.05) is 0 Å². The van der Waals surface area contributed by atoms with Crippen molar-refractivity contribution in [2.45, 2.75) is 10.3 Å². The van der Waals surface area contributed by atoms with Crippen LogP contribution in [0.15, 0.2) is 10.3 Å². The SMILES string of the molecule is CN(O)C(=O)c1nc(S)nc(S)n1. The third-order valence-corrected chi connectivity index (χ3v) is 1.50. The fourth-order valence-electron chi connectivity index (χ4n) is 0.594. The molecule has 0 fully saturated rings. The quantitative estimate of drug-likeness (QED) is 0.349. The smallest absolute Gasteiger partial charge is 0.286 e. The van der Waals surface area contributed by atoms with Crippen molar-refractivity contribution < 1.29 is 10.0 Å². The fraction of sp³-hybridized carbons (Fsp3) is 0.200. The molecule has 0 saturated heterocycles. The van der Waals surface area contributed by atoms with Gasteiger partial charge in [0.15, 0.2) is 10.3 Å². The molecule has 1 aromatic heterocycles. The van der Waals surface area contributed by atoms with Gasteiger partial charge in [-0.3, -0.25) is 10.0 Å². The zero-order valence-corrected chi connectivity index (χ0v) is 8.33. The van der Waals surface area contributed by atoms with Crippen molar-refractivity contribution in [1.82, 2.24) is 20.0 Å². The van der Waals surface area contributed by atoms with Crippen LogP contribution in [0.3, 0.4) is 0 Å². The Morgan fingerprint density at radius 1 is 1.31 bits per heavy atom. The van der Waals surface area contributed by atoms with Crippen molar-refractivity contribution in [3.05, 3.63) is 5.82 Å². The van der Waals surface area contributed by atoms with Gasteiger partial charge in [-0.2, -0.15) is 15.0 Å². The average Bonchev–Trinajstić information content (AvgIpc) is 2.01. The van der Waals surface area contributed by atoms with E-state index in [1.54, 1.807) is 0 Å². The Kier molecular flexibility index (Phi) is 3.07. The highest BCUT2D eigenvalue weighted by molar-refractivity contribution is 7.80. The number of amides is 1. The Morgan fingerprint density at radius 2 is 1.77 bits per heavy atom. The van der Waals surface area contributed by atoms with Crippen LogP contribution in [0.4, 0.5) is 0 Å². The summed E-state index contributed by atoms with van der Waals surface area (Å²) in [5, 5.41) is 9.31. The van der Waals surface area contributed by atoms with Crippen molar-refractivity contribution in [2.75, 3.05) is 7.05 Å². The molecule has 0 saturated carbocycles. The Labute approximate surface area is 84.8 Å². The molecule has 0 aliphatic heterocycles. The summed E-state index contributed by atoms with van der Waals surface area (Å²) in [6.45, 7) is 0. The summed E-state index contributed by atoms with van der Waals surface area (Å²) in [7, 11) is 1.17. The van der Waals surface area contributed by atoms with Crippen molar-refractivity contribution >= 4 is 31.2 Å². The lowest BCUT2D eigenvalue weighted by atomic mass is 10.5. The van der Waals surface area contributed by atoms with E-state index in [-0.39, 0.29) is 16.1 Å². The first-order valence-electron chi connectivity index (χ1n) is 3.11. The summed E-state index contributed by atoms with van der Waals surface area (Å²) < 4.78 is 0. The van der Waals surface area contributed by atoms with Gasteiger partial charge < -0.3 is 0 Å². The second-order valence-corrected chi connectivity index (χ2v) is 2.89. The van der Waals surface area contributed by atoms with Crippen molar-refractivity contribution in [1.29, 1.82) is 0 Å². The molecule has 0 unspecified atom stereocenters. The molecule has 6 nitrogen and oxygen atoms in total. The number of carbonyl (C=O) groups excluding carboxylic acids is 1. The molecule has 0 radical (unpaired) electrons. The van der Waals surface area contributed by atoms with Crippen LogP contribution in [-0.2, 0) is 0 Å². The van der Waals surface area contributed by atoms with Gasteiger partial charge >= 0.3 is 5.91 Å². The third kappa shape index (κ3) is 2.54. The highest BCUT2D eigenvalue weighted by Gasteiger charge is 2.14. The van der Waals surface area contributed by atoms with Crippen LogP contribution in [0.5, 0.6) is 0 Å². The summed E-state index contributed by atoms with van der Waals surface area (Å²) in [6, 6.07) is 0. The second-order valence-electron chi connectivity index (χ2n) is 2.09. The van der Waals surface area contributed by atoms with Crippen LogP contribution in [0, 0.1) is 0 Å². The molecule has 0 spiro atoms. The van der Waals surface area contributed by atoms with Gasteiger partial charge in [-0.25, -0.2) is 5.06 Å². The number of hydrogen-bond acceptors (Lipinski definition) is 7. The number of carbonyl (C=O) groups is 1. The van der Waals surface area contributed by atoms with Gasteiger partial charge in [-0.05, 0) is 0 Å². The van der Waals surface area contributed by atoms with Crippen LogP contribution in [0.2, 0.25) is 0 Å². The van der Waals surface area contributed by atoms with Gasteiger partial charge in [0, 0.05) is 7.05 Å². The molecular formula is C5H6N4O2S2. The van der Waals surface area contributed by atoms with E-state index in [0.717, 1.165) is 0 Å². The summed E-state index contributed by atoms with van der Waals surface area (Å²) in [4.78, 5) is 21.9. The molecule has 0 aliphatic rings. The maximum absolute atomic E-state index is 11.1. The van der Waals surface area contributed by atoms with Crippen molar-refractivity contribution in [3.8, 4) is 0 Å². The molecule has 0 aliphatic carbocycles. The first kappa shape index (κ1) is 10.2. The molecular weight excluding hydrogens is 212 g/mol. The standard InChI is InChI=1S/C5H6N4O2S2/c1-9(11)3(10)2-6-4(12)8-5(13)7-2/h11H,1H3,(H2,6,7,8,12,13). The van der Waals surface area contributed by atoms with E-state index in [1.807, 2.05) is 0 Å². The van der Waals surface area contributed by atoms with Crippen molar-refractivity contribution in [2.24, 2.45) is 0 Å². The topological polar surface area (TPSA) is 79.2 Å². The molecule has 1 N–H and O–H groups in total. The van der Waals surface area contributed by atoms with E-state index in [1.165, 1.54) is 7.05 Å². The molecule has 1 heterocycles. The van der Waals surface area contributed by atoms with Gasteiger partial charge in [0.2, 0.25) is 5.82 Å². The molecule has 0 atom stereocenters. The lowest BCUT2D eigenvalue weighted by Gasteiger charge is -2.06. The van der Waals surface area contributed by atoms with Gasteiger partial charge in [0.25, 0.3) is 0 Å². The summed E-state index contributed by atoms with van der Waals surface area (Å²) in [5.74, 6) is -0.942. The molecule has 8 heteroatoms. The molecule has 1 aromatic rings. The number of rotatable bonds is 1. The van der Waals surface area contributed by atoms with Crippen LogP contribution in [-0.4, -0.2) is 38.2 Å². The number of hydroxylamine groups is 2. The number of hydrogen-bond donors (Lipinski definition) is 3. The summed E-state index contributed by atoms with van der Waals surface area (Å²) in [6.07, 6.45) is 0. The van der Waals surface area contributed by atoms with Crippen LogP contribution < -0.4 is 0 Å². The maximum Gasteiger partial charge on any atom is 0.314 e. The zero-order valence-electron chi connectivity index (χ0n) is 6.54. The molecule has 1 amide bonds. The fourth-order valence-corrected chi connectivity index (χ4v) is 1.05. The van der Waals surface area contributed by atoms with E-state index in [2.05, 4.69) is 40.2 Å². The Morgan fingerprint density at radius 3 is 2.15 bits per heavy atom. The van der Waals surface area contributed by atoms with Crippen LogP contribution >= 0.6 is 25.3 Å². The number of aromatic nitrogens is 3. The molecule has 70 valence electrons. The van der Waals surface area contributed by atoms with Crippen molar-refractivity contribution in [3.63, 3.8) is 0 Å². The predicted molar refractivity (Wildman–Crippen MR) is 48.2 cm³/mol. The Hall–Kier alpha value is -0.860. The Balaban J connectivity index is 3.08. The first-order valence-corrected chi connectivity index (χ1v) is 4.01. The molecule has 1 rings (SSSR count). The highest BCUT2D eigenvalue weighted by atomic mass is 32.1. The monoisotopic (exact) mass is 218 g/mol. The third-order valence-electron chi connectivity index (χ3n) is 1.10. The largest absolute Gasteiger partial charge is 0.314 e. The van der Waals surface area contributed by atoms with E-state index >= 15 is 0 Å². The summed E-state index contributed by atoms with van der Waals surface area (Å²) in [5.41, 5.74) is 0. The van der Waals surface area contributed by atoms with E-state index in [9.17, 15) is 4.79 Å². The minimum absolute atomic E-state index is 0.0743. The minimum Gasteiger partial charge on any atom is -0.286 e. The van der Waals surface area contributed by atoms with Crippen LogP contribution in [0.25, 0.3) is 0 Å². The van der Waals surface area contributed by atoms with E-state index in [4.69, 9.17) is 5.21 Å². The van der Waals surface area contributed by atoms with E-state index < -0.39 is 5.91 Å². The van der Waals surface area contributed by atoms with Gasteiger partial charge in [-0.15, -0.1) is 25.3 Å². The lowest BCUT2D eigenvalue weighted by molar-refractivity contribution is -0.0386. The highest BCUT2D eigenvalue weighted by Crippen LogP contribution is 2.04. The number of nitrogens with zero attached hydrogens (tertiary/aromatic N) is 4. The maximum atomic E-state index is 11.1. The normalized spacial score (nSPS) is 9.85. The first-order chi connectivity index (χ1) is 6.00. The molecule has 0 aromatic carbocycles. The van der Waals surface area contributed by atoms with Gasteiger partial charge in [0.05, 0.1) is 0 Å².